The Hall–Kier alpha value is -0.380. The van der Waals surface area contributed by atoms with Gasteiger partial charge in [-0.1, -0.05) is 41.9 Å². The summed E-state index contributed by atoms with van der Waals surface area (Å²) in [6.07, 6.45) is 1.06. The second-order valence-corrected chi connectivity index (χ2v) is 6.37. The predicted molar refractivity (Wildman–Crippen MR) is 82.6 cm³/mol. The molecule has 0 radical (unpaired) electrons. The molecule has 1 atom stereocenters. The maximum absolute atomic E-state index is 6.07. The average molecular weight is 313 g/mol. The lowest BCUT2D eigenvalue weighted by molar-refractivity contribution is 0.296. The summed E-state index contributed by atoms with van der Waals surface area (Å²) in [5.41, 5.74) is 8.72. The molecule has 2 N–H and O–H groups in total. The fraction of sp³-hybridized carbons (Fsp3) is 0.600. The first-order valence-electron chi connectivity index (χ1n) is 6.59. The van der Waals surface area contributed by atoms with E-state index in [0.717, 1.165) is 19.5 Å². The molecule has 0 heterocycles. The van der Waals surface area contributed by atoms with E-state index in [-0.39, 0.29) is 0 Å². The molecule has 0 aliphatic carbocycles. The molecule has 1 aromatic carbocycles. The monoisotopic (exact) mass is 312 g/mol. The zero-order chi connectivity index (χ0) is 13.7. The van der Waals surface area contributed by atoms with Crippen LogP contribution in [0.1, 0.15) is 31.4 Å². The van der Waals surface area contributed by atoms with Crippen LogP contribution in [0.3, 0.4) is 0 Å². The Bertz CT molecular complexity index is 377. The Labute approximate surface area is 120 Å². The molecule has 0 saturated heterocycles. The van der Waals surface area contributed by atoms with Crippen molar-refractivity contribution in [1.82, 2.24) is 4.90 Å². The molecular weight excluding hydrogens is 288 g/mol. The van der Waals surface area contributed by atoms with Gasteiger partial charge in [-0.2, -0.15) is 0 Å². The lowest BCUT2D eigenvalue weighted by atomic mass is 10.0. The summed E-state index contributed by atoms with van der Waals surface area (Å²) < 4.78 is 1.18. The number of nitrogens with zero attached hydrogens (tertiary/aromatic N) is 1. The van der Waals surface area contributed by atoms with Crippen molar-refractivity contribution >= 4 is 15.9 Å². The molecule has 1 aromatic rings. The Morgan fingerprint density at radius 3 is 2.56 bits per heavy atom. The molecule has 0 bridgehead atoms. The molecule has 0 fully saturated rings. The summed E-state index contributed by atoms with van der Waals surface area (Å²) in [7, 11) is 2.16. The van der Waals surface area contributed by atoms with Gasteiger partial charge < -0.3 is 10.6 Å². The van der Waals surface area contributed by atoms with Gasteiger partial charge in [0.05, 0.1) is 0 Å². The molecule has 0 amide bonds. The van der Waals surface area contributed by atoms with Gasteiger partial charge in [0.15, 0.2) is 0 Å². The van der Waals surface area contributed by atoms with E-state index in [1.807, 2.05) is 0 Å². The van der Waals surface area contributed by atoms with E-state index in [0.29, 0.717) is 12.0 Å². The molecule has 1 rings (SSSR count). The minimum Gasteiger partial charge on any atom is -0.327 e. The summed E-state index contributed by atoms with van der Waals surface area (Å²) >= 11 is 3.53. The molecule has 0 aliphatic rings. The lowest BCUT2D eigenvalue weighted by Crippen LogP contribution is -2.31. The molecule has 0 spiro atoms. The molecule has 102 valence electrons. The zero-order valence-corrected chi connectivity index (χ0v) is 13.5. The number of hydrogen-bond acceptors (Lipinski definition) is 2. The first kappa shape index (κ1) is 15.7. The summed E-state index contributed by atoms with van der Waals surface area (Å²) in [6, 6.07) is 6.84. The second kappa shape index (κ2) is 7.27. The maximum atomic E-state index is 6.07. The summed E-state index contributed by atoms with van der Waals surface area (Å²) in [6.45, 7) is 8.53. The Balaban J connectivity index is 2.44. The van der Waals surface area contributed by atoms with Crippen molar-refractivity contribution in [3.8, 4) is 0 Å². The fourth-order valence-corrected chi connectivity index (χ4v) is 2.15. The Morgan fingerprint density at radius 1 is 1.33 bits per heavy atom. The van der Waals surface area contributed by atoms with Crippen LogP contribution in [0.5, 0.6) is 0 Å². The SMILES string of the molecule is Cc1cc(CN(C)CCC(N)C(C)C)ccc1Br. The van der Waals surface area contributed by atoms with Crippen LogP contribution >= 0.6 is 15.9 Å². The number of nitrogens with two attached hydrogens (primary N) is 1. The highest BCUT2D eigenvalue weighted by Gasteiger charge is 2.09. The van der Waals surface area contributed by atoms with Crippen LogP contribution in [0, 0.1) is 12.8 Å². The zero-order valence-electron chi connectivity index (χ0n) is 11.9. The predicted octanol–water partition coefficient (Wildman–Crippen LogP) is 3.56. The van der Waals surface area contributed by atoms with Crippen LogP contribution in [0.4, 0.5) is 0 Å². The normalized spacial score (nSPS) is 13.3. The lowest BCUT2D eigenvalue weighted by Gasteiger charge is -2.21. The Morgan fingerprint density at radius 2 is 2.00 bits per heavy atom. The molecule has 18 heavy (non-hydrogen) atoms. The van der Waals surface area contributed by atoms with E-state index in [1.165, 1.54) is 15.6 Å². The number of aryl methyl sites for hydroxylation is 1. The van der Waals surface area contributed by atoms with Gasteiger partial charge in [-0.15, -0.1) is 0 Å². The van der Waals surface area contributed by atoms with Gasteiger partial charge in [0, 0.05) is 17.1 Å². The molecule has 0 saturated carbocycles. The van der Waals surface area contributed by atoms with Gasteiger partial charge in [0.2, 0.25) is 0 Å². The highest BCUT2D eigenvalue weighted by molar-refractivity contribution is 9.10. The van der Waals surface area contributed by atoms with Crippen molar-refractivity contribution in [2.75, 3.05) is 13.6 Å². The van der Waals surface area contributed by atoms with Crippen LogP contribution < -0.4 is 5.73 Å². The topological polar surface area (TPSA) is 29.3 Å². The van der Waals surface area contributed by atoms with E-state index >= 15 is 0 Å². The average Bonchev–Trinajstić information content (AvgIpc) is 2.30. The van der Waals surface area contributed by atoms with E-state index in [4.69, 9.17) is 5.73 Å². The van der Waals surface area contributed by atoms with Crippen LogP contribution in [0.2, 0.25) is 0 Å². The van der Waals surface area contributed by atoms with Crippen LogP contribution in [0.15, 0.2) is 22.7 Å². The van der Waals surface area contributed by atoms with E-state index in [1.54, 1.807) is 0 Å². The van der Waals surface area contributed by atoms with Crippen LogP contribution in [-0.2, 0) is 6.54 Å². The minimum atomic E-state index is 0.305. The standard InChI is InChI=1S/C15H25BrN2/c1-11(2)15(17)7-8-18(4)10-13-5-6-14(16)12(3)9-13/h5-6,9,11,15H,7-8,10,17H2,1-4H3. The number of hydrogen-bond donors (Lipinski definition) is 1. The van der Waals surface area contributed by atoms with Crippen molar-refractivity contribution in [2.45, 2.75) is 39.8 Å². The third-order valence-corrected chi connectivity index (χ3v) is 4.27. The van der Waals surface area contributed by atoms with Crippen molar-refractivity contribution in [2.24, 2.45) is 11.7 Å². The highest BCUT2D eigenvalue weighted by Crippen LogP contribution is 2.18. The van der Waals surface area contributed by atoms with Crippen molar-refractivity contribution < 1.29 is 0 Å². The number of halogens is 1. The molecule has 2 nitrogen and oxygen atoms in total. The van der Waals surface area contributed by atoms with Crippen LogP contribution in [0.25, 0.3) is 0 Å². The first-order valence-corrected chi connectivity index (χ1v) is 7.38. The first-order chi connectivity index (χ1) is 8.40. The van der Waals surface area contributed by atoms with E-state index in [9.17, 15) is 0 Å². The van der Waals surface area contributed by atoms with E-state index in [2.05, 4.69) is 66.8 Å². The molecule has 3 heteroatoms. The third-order valence-electron chi connectivity index (χ3n) is 3.38. The molecule has 0 aromatic heterocycles. The summed E-state index contributed by atoms with van der Waals surface area (Å²) in [4.78, 5) is 2.34. The quantitative estimate of drug-likeness (QED) is 0.870. The molecular formula is C15H25BrN2. The van der Waals surface area contributed by atoms with Crippen molar-refractivity contribution in [3.63, 3.8) is 0 Å². The van der Waals surface area contributed by atoms with Gasteiger partial charge in [0.25, 0.3) is 0 Å². The smallest absolute Gasteiger partial charge is 0.0230 e. The minimum absolute atomic E-state index is 0.305. The maximum Gasteiger partial charge on any atom is 0.0230 e. The van der Waals surface area contributed by atoms with Crippen molar-refractivity contribution in [1.29, 1.82) is 0 Å². The van der Waals surface area contributed by atoms with Gasteiger partial charge in [0.1, 0.15) is 0 Å². The van der Waals surface area contributed by atoms with Gasteiger partial charge in [-0.05, 0) is 50.0 Å². The largest absolute Gasteiger partial charge is 0.327 e. The molecule has 1 unspecified atom stereocenters. The Kier molecular flexibility index (Phi) is 6.33. The van der Waals surface area contributed by atoms with Crippen molar-refractivity contribution in [3.05, 3.63) is 33.8 Å². The highest BCUT2D eigenvalue weighted by atomic mass is 79.9. The second-order valence-electron chi connectivity index (χ2n) is 5.52. The summed E-state index contributed by atoms with van der Waals surface area (Å²) in [5, 5.41) is 0. The van der Waals surface area contributed by atoms with Crippen LogP contribution in [-0.4, -0.2) is 24.5 Å². The fourth-order valence-electron chi connectivity index (χ4n) is 1.90. The number of rotatable bonds is 6. The van der Waals surface area contributed by atoms with E-state index < -0.39 is 0 Å². The van der Waals surface area contributed by atoms with Gasteiger partial charge in [-0.3, -0.25) is 0 Å². The molecule has 0 aliphatic heterocycles. The number of benzene rings is 1. The summed E-state index contributed by atoms with van der Waals surface area (Å²) in [5.74, 6) is 0.563. The van der Waals surface area contributed by atoms with Gasteiger partial charge in [-0.25, -0.2) is 0 Å². The van der Waals surface area contributed by atoms with Gasteiger partial charge >= 0.3 is 0 Å². The third kappa shape index (κ3) is 5.09.